The molecule has 2 saturated carbocycles. The number of benzene rings is 1. The molecule has 0 spiro atoms. The number of fused-ring (bicyclic) bond motifs is 2. The molecule has 1 aromatic carbocycles. The smallest absolute Gasteiger partial charge is 0.270 e. The lowest BCUT2D eigenvalue weighted by atomic mass is 9.70. The number of hydrogen-bond donors (Lipinski definition) is 1. The number of hydrazone groups is 1. The number of aliphatic imine (C=N–C) groups is 1. The normalized spacial score (nSPS) is 30.7. The fraction of sp³-hybridized carbons (Fsp3) is 0.474. The van der Waals surface area contributed by atoms with Crippen LogP contribution in [-0.2, 0) is 0 Å². The summed E-state index contributed by atoms with van der Waals surface area (Å²) in [5, 5.41) is 18.0. The number of amidine groups is 1. The van der Waals surface area contributed by atoms with Gasteiger partial charge in [-0.2, -0.15) is 0 Å². The van der Waals surface area contributed by atoms with Gasteiger partial charge in [0.1, 0.15) is 0 Å². The maximum atomic E-state index is 10.9. The van der Waals surface area contributed by atoms with Crippen LogP contribution < -0.4 is 5.43 Å². The van der Waals surface area contributed by atoms with Crippen molar-refractivity contribution in [3.05, 3.63) is 45.4 Å². The first-order chi connectivity index (χ1) is 12.3. The minimum Gasteiger partial charge on any atom is -0.275 e. The standard InChI is InChI=1S/C19H22N4O2S/c1-18(2)13-7-8-19(18,3)16(10-13)20-17-22-21-15(11-26-17)12-5-4-6-14(9-12)23(24)25/h4-6,9,11,13,21H,7-8,10H2,1-3H3/t13-,19+/m1/s1. The van der Waals surface area contributed by atoms with Crippen molar-refractivity contribution in [2.45, 2.75) is 40.0 Å². The van der Waals surface area contributed by atoms with Gasteiger partial charge in [0.2, 0.25) is 5.17 Å². The highest BCUT2D eigenvalue weighted by molar-refractivity contribution is 8.16. The van der Waals surface area contributed by atoms with E-state index in [-0.39, 0.29) is 11.1 Å². The van der Waals surface area contributed by atoms with Crippen molar-refractivity contribution in [1.29, 1.82) is 0 Å². The Labute approximate surface area is 157 Å². The Kier molecular flexibility index (Phi) is 3.95. The van der Waals surface area contributed by atoms with Crippen molar-refractivity contribution in [3.63, 3.8) is 0 Å². The summed E-state index contributed by atoms with van der Waals surface area (Å²) in [5.41, 5.74) is 6.29. The fourth-order valence-electron chi connectivity index (χ4n) is 4.46. The van der Waals surface area contributed by atoms with Crippen molar-refractivity contribution < 1.29 is 4.92 Å². The van der Waals surface area contributed by atoms with E-state index in [2.05, 4.69) is 31.3 Å². The average molecular weight is 370 g/mol. The minimum absolute atomic E-state index is 0.0716. The lowest BCUT2D eigenvalue weighted by molar-refractivity contribution is -0.384. The quantitative estimate of drug-likeness (QED) is 0.600. The van der Waals surface area contributed by atoms with Gasteiger partial charge >= 0.3 is 0 Å². The first-order valence-corrected chi connectivity index (χ1v) is 9.72. The van der Waals surface area contributed by atoms with E-state index in [1.54, 1.807) is 12.1 Å². The van der Waals surface area contributed by atoms with Crippen LogP contribution in [0.5, 0.6) is 0 Å². The number of thioether (sulfide) groups is 1. The molecule has 7 heteroatoms. The van der Waals surface area contributed by atoms with Gasteiger partial charge in [0, 0.05) is 34.2 Å². The number of nitro groups is 1. The van der Waals surface area contributed by atoms with Gasteiger partial charge < -0.3 is 0 Å². The van der Waals surface area contributed by atoms with E-state index in [0.29, 0.717) is 16.5 Å². The predicted octanol–water partition coefficient (Wildman–Crippen LogP) is 4.79. The van der Waals surface area contributed by atoms with E-state index in [9.17, 15) is 10.1 Å². The molecule has 0 aromatic heterocycles. The summed E-state index contributed by atoms with van der Waals surface area (Å²) in [6, 6.07) is 6.54. The molecular weight excluding hydrogens is 348 g/mol. The van der Waals surface area contributed by atoms with Crippen molar-refractivity contribution >= 4 is 34.0 Å². The van der Waals surface area contributed by atoms with E-state index in [4.69, 9.17) is 4.99 Å². The molecule has 1 aromatic rings. The van der Waals surface area contributed by atoms with E-state index in [1.807, 2.05) is 11.5 Å². The van der Waals surface area contributed by atoms with Crippen LogP contribution >= 0.6 is 11.8 Å². The molecule has 136 valence electrons. The summed E-state index contributed by atoms with van der Waals surface area (Å²) < 4.78 is 0. The molecule has 26 heavy (non-hydrogen) atoms. The molecule has 1 heterocycles. The molecule has 1 N–H and O–H groups in total. The van der Waals surface area contributed by atoms with E-state index in [1.165, 1.54) is 36.4 Å². The van der Waals surface area contributed by atoms with Gasteiger partial charge in [0.25, 0.3) is 5.69 Å². The van der Waals surface area contributed by atoms with Crippen LogP contribution in [0.3, 0.4) is 0 Å². The predicted molar refractivity (Wildman–Crippen MR) is 106 cm³/mol. The van der Waals surface area contributed by atoms with Crippen LogP contribution in [0.1, 0.15) is 45.6 Å². The van der Waals surface area contributed by atoms with Crippen LogP contribution in [-0.4, -0.2) is 15.8 Å². The highest BCUT2D eigenvalue weighted by atomic mass is 32.2. The Balaban J connectivity index is 1.52. The van der Waals surface area contributed by atoms with Gasteiger partial charge in [-0.05, 0) is 30.6 Å². The second-order valence-corrected chi connectivity index (χ2v) is 8.85. The van der Waals surface area contributed by atoms with Crippen molar-refractivity contribution in [2.24, 2.45) is 26.8 Å². The number of nitrogens with one attached hydrogen (secondary N) is 1. The molecular formula is C19H22N4O2S. The Morgan fingerprint density at radius 1 is 1.38 bits per heavy atom. The molecule has 0 saturated heterocycles. The zero-order valence-electron chi connectivity index (χ0n) is 15.2. The second-order valence-electron chi connectivity index (χ2n) is 8.02. The number of nitrogens with zero attached hydrogens (tertiary/aromatic N) is 3. The lowest BCUT2D eigenvalue weighted by Crippen LogP contribution is -2.33. The van der Waals surface area contributed by atoms with Gasteiger partial charge in [-0.15, -0.1) is 5.10 Å². The van der Waals surface area contributed by atoms with E-state index >= 15 is 0 Å². The highest BCUT2D eigenvalue weighted by Crippen LogP contribution is 2.64. The number of non-ortho nitro benzene ring substituents is 1. The van der Waals surface area contributed by atoms with Gasteiger partial charge in [-0.1, -0.05) is 44.7 Å². The molecule has 0 radical (unpaired) electrons. The molecule has 2 bridgehead atoms. The fourth-order valence-corrected chi connectivity index (χ4v) is 5.13. The topological polar surface area (TPSA) is 79.9 Å². The van der Waals surface area contributed by atoms with Crippen molar-refractivity contribution in [1.82, 2.24) is 5.43 Å². The molecule has 0 unspecified atom stereocenters. The van der Waals surface area contributed by atoms with Crippen LogP contribution in [0, 0.1) is 26.9 Å². The molecule has 0 amide bonds. The molecule has 4 rings (SSSR count). The lowest BCUT2D eigenvalue weighted by Gasteiger charge is -2.34. The minimum atomic E-state index is -0.391. The summed E-state index contributed by atoms with van der Waals surface area (Å²) in [6.07, 6.45) is 3.55. The first-order valence-electron chi connectivity index (χ1n) is 8.85. The maximum Gasteiger partial charge on any atom is 0.270 e. The highest BCUT2D eigenvalue weighted by Gasteiger charge is 2.59. The molecule has 2 fully saturated rings. The van der Waals surface area contributed by atoms with Gasteiger partial charge in [-0.25, -0.2) is 4.99 Å². The third-order valence-electron chi connectivity index (χ3n) is 6.66. The second kappa shape index (κ2) is 5.94. The Morgan fingerprint density at radius 2 is 2.19 bits per heavy atom. The summed E-state index contributed by atoms with van der Waals surface area (Å²) >= 11 is 1.46. The molecule has 2 atom stereocenters. The van der Waals surface area contributed by atoms with E-state index in [0.717, 1.165) is 17.7 Å². The Morgan fingerprint density at radius 3 is 2.77 bits per heavy atom. The van der Waals surface area contributed by atoms with Crippen molar-refractivity contribution in [3.8, 4) is 0 Å². The zero-order valence-corrected chi connectivity index (χ0v) is 16.0. The summed E-state index contributed by atoms with van der Waals surface area (Å²) in [6.45, 7) is 7.06. The van der Waals surface area contributed by atoms with Gasteiger partial charge in [0.15, 0.2) is 0 Å². The molecule has 6 nitrogen and oxygen atoms in total. The third kappa shape index (κ3) is 2.57. The number of rotatable bonds is 2. The summed E-state index contributed by atoms with van der Waals surface area (Å²) in [5.74, 6) is 0.712. The number of nitro benzene ring substituents is 1. The molecule has 2 aliphatic carbocycles. The van der Waals surface area contributed by atoms with Crippen molar-refractivity contribution in [2.75, 3.05) is 0 Å². The zero-order chi connectivity index (χ0) is 18.5. The summed E-state index contributed by atoms with van der Waals surface area (Å²) in [4.78, 5) is 15.4. The monoisotopic (exact) mass is 370 g/mol. The molecule has 3 aliphatic rings. The average Bonchev–Trinajstić information content (AvgIpc) is 2.96. The van der Waals surface area contributed by atoms with Crippen LogP contribution in [0.15, 0.2) is 39.8 Å². The Bertz CT molecular complexity index is 874. The van der Waals surface area contributed by atoms with Crippen LogP contribution in [0.4, 0.5) is 5.69 Å². The van der Waals surface area contributed by atoms with E-state index < -0.39 is 4.92 Å². The molecule has 1 aliphatic heterocycles. The first kappa shape index (κ1) is 17.3. The maximum absolute atomic E-state index is 10.9. The largest absolute Gasteiger partial charge is 0.275 e. The van der Waals surface area contributed by atoms with Crippen LogP contribution in [0.25, 0.3) is 5.70 Å². The van der Waals surface area contributed by atoms with Gasteiger partial charge in [-0.3, -0.25) is 15.5 Å². The van der Waals surface area contributed by atoms with Crippen LogP contribution in [0.2, 0.25) is 0 Å². The third-order valence-corrected chi connectivity index (χ3v) is 7.41. The SMILES string of the molecule is CC1(C)[C@@H]2CC[C@@]1(C)C(=NC1=NNC(c3cccc([N+](=O)[O-])c3)=CS1)C2. The summed E-state index contributed by atoms with van der Waals surface area (Å²) in [7, 11) is 0. The Hall–Kier alpha value is -2.15. The van der Waals surface area contributed by atoms with Gasteiger partial charge in [0.05, 0.1) is 10.6 Å². The number of hydrogen-bond acceptors (Lipinski definition) is 6.